The van der Waals surface area contributed by atoms with Gasteiger partial charge in [-0.3, -0.25) is 4.79 Å². The van der Waals surface area contributed by atoms with Crippen molar-refractivity contribution in [2.24, 2.45) is 10.8 Å². The van der Waals surface area contributed by atoms with E-state index < -0.39 is 11.4 Å². The van der Waals surface area contributed by atoms with Gasteiger partial charge in [0.25, 0.3) is 0 Å². The zero-order valence-electron chi connectivity index (χ0n) is 13.4. The summed E-state index contributed by atoms with van der Waals surface area (Å²) in [6.07, 6.45) is 2.22. The van der Waals surface area contributed by atoms with Crippen molar-refractivity contribution in [3.05, 3.63) is 60.2 Å². The maximum absolute atomic E-state index is 11.2. The van der Waals surface area contributed by atoms with Gasteiger partial charge in [0, 0.05) is 5.41 Å². The van der Waals surface area contributed by atoms with Crippen LogP contribution in [0.25, 0.3) is 0 Å². The van der Waals surface area contributed by atoms with Crippen molar-refractivity contribution in [1.82, 2.24) is 0 Å². The number of carboxylic acids is 1. The minimum atomic E-state index is -0.657. The number of hydrogen-bond acceptors (Lipinski definition) is 3. The van der Waals surface area contributed by atoms with Crippen LogP contribution in [-0.2, 0) is 11.4 Å². The molecule has 0 atom stereocenters. The van der Waals surface area contributed by atoms with Crippen LogP contribution in [0.5, 0.6) is 11.5 Å². The van der Waals surface area contributed by atoms with Crippen molar-refractivity contribution in [3.63, 3.8) is 0 Å². The highest BCUT2D eigenvalue weighted by molar-refractivity contribution is 5.79. The van der Waals surface area contributed by atoms with Gasteiger partial charge in [-0.2, -0.15) is 0 Å². The first-order chi connectivity index (χ1) is 11.6. The Hall–Kier alpha value is -2.49. The van der Waals surface area contributed by atoms with Crippen molar-refractivity contribution in [3.8, 4) is 11.5 Å². The molecule has 3 saturated carbocycles. The summed E-state index contributed by atoms with van der Waals surface area (Å²) in [5.74, 6) is 0.791. The van der Waals surface area contributed by atoms with Gasteiger partial charge in [0.15, 0.2) is 11.5 Å². The predicted octanol–water partition coefficient (Wildman–Crippen LogP) is 3.90. The van der Waals surface area contributed by atoms with E-state index in [0.29, 0.717) is 13.2 Å². The minimum Gasteiger partial charge on any atom is -0.489 e. The summed E-state index contributed by atoms with van der Waals surface area (Å²) in [7, 11) is 0. The Morgan fingerprint density at radius 1 is 0.917 bits per heavy atom. The second-order valence-electron chi connectivity index (χ2n) is 7.13. The lowest BCUT2D eigenvalue weighted by molar-refractivity contribution is -0.231. The second-order valence-corrected chi connectivity index (χ2v) is 7.13. The molecular weight excluding hydrogens is 304 g/mol. The zero-order chi connectivity index (χ0) is 16.6. The van der Waals surface area contributed by atoms with E-state index in [1.54, 1.807) is 0 Å². The van der Waals surface area contributed by atoms with Crippen LogP contribution in [-0.4, -0.2) is 17.7 Å². The van der Waals surface area contributed by atoms with Gasteiger partial charge in [-0.1, -0.05) is 42.5 Å². The van der Waals surface area contributed by atoms with E-state index in [0.717, 1.165) is 36.3 Å². The fraction of sp³-hybridized carbons (Fsp3) is 0.350. The summed E-state index contributed by atoms with van der Waals surface area (Å²) in [4.78, 5) is 11.2. The number of carbonyl (C=O) groups is 1. The van der Waals surface area contributed by atoms with Gasteiger partial charge >= 0.3 is 5.97 Å². The Kier molecular flexibility index (Phi) is 3.48. The molecule has 0 unspecified atom stereocenters. The average Bonchev–Trinajstić information content (AvgIpc) is 2.52. The Morgan fingerprint density at radius 2 is 1.50 bits per heavy atom. The molecule has 0 radical (unpaired) electrons. The standard InChI is InChI=1S/C20H20O4/c21-18(22)20-11-19(12-20,13-20)14-24-17-9-5-4-8-16(17)23-10-15-6-2-1-3-7-15/h1-9H,10-14H2,(H,21,22). The Labute approximate surface area is 141 Å². The lowest BCUT2D eigenvalue weighted by atomic mass is 9.35. The van der Waals surface area contributed by atoms with E-state index in [1.165, 1.54) is 0 Å². The summed E-state index contributed by atoms with van der Waals surface area (Å²) in [5, 5.41) is 9.19. The molecule has 0 saturated heterocycles. The number of para-hydroxylation sites is 2. The first-order valence-electron chi connectivity index (χ1n) is 8.23. The van der Waals surface area contributed by atoms with Crippen molar-refractivity contribution >= 4 is 5.97 Å². The Balaban J connectivity index is 1.36. The lowest BCUT2D eigenvalue weighted by Gasteiger charge is -2.67. The second kappa shape index (κ2) is 5.55. The number of carboxylic acid groups (broad SMARTS) is 1. The fourth-order valence-electron chi connectivity index (χ4n) is 4.03. The lowest BCUT2D eigenvalue weighted by Crippen LogP contribution is -2.67. The number of aliphatic carboxylic acids is 1. The van der Waals surface area contributed by atoms with Crippen molar-refractivity contribution in [2.75, 3.05) is 6.61 Å². The quantitative estimate of drug-likeness (QED) is 0.839. The summed E-state index contributed by atoms with van der Waals surface area (Å²) < 4.78 is 11.9. The highest BCUT2D eigenvalue weighted by atomic mass is 16.5. The summed E-state index contributed by atoms with van der Waals surface area (Å²) in [6.45, 7) is 1.06. The molecule has 0 aliphatic heterocycles. The molecule has 24 heavy (non-hydrogen) atoms. The first kappa shape index (κ1) is 15.1. The van der Waals surface area contributed by atoms with Crippen LogP contribution >= 0.6 is 0 Å². The summed E-state index contributed by atoms with van der Waals surface area (Å²) in [6, 6.07) is 17.7. The molecule has 0 heterocycles. The normalized spacial score (nSPS) is 26.8. The van der Waals surface area contributed by atoms with E-state index in [1.807, 2.05) is 54.6 Å². The van der Waals surface area contributed by atoms with Gasteiger partial charge in [-0.15, -0.1) is 0 Å². The maximum Gasteiger partial charge on any atom is 0.309 e. The first-order valence-corrected chi connectivity index (χ1v) is 8.23. The van der Waals surface area contributed by atoms with Crippen molar-refractivity contribution in [1.29, 1.82) is 0 Å². The van der Waals surface area contributed by atoms with E-state index >= 15 is 0 Å². The van der Waals surface area contributed by atoms with Gasteiger partial charge in [0.05, 0.1) is 12.0 Å². The van der Waals surface area contributed by atoms with Gasteiger partial charge in [-0.25, -0.2) is 0 Å². The third-order valence-electron chi connectivity index (χ3n) is 5.21. The zero-order valence-corrected chi connectivity index (χ0v) is 13.4. The molecule has 1 N–H and O–H groups in total. The van der Waals surface area contributed by atoms with Crippen LogP contribution < -0.4 is 9.47 Å². The summed E-state index contributed by atoms with van der Waals surface area (Å²) >= 11 is 0. The van der Waals surface area contributed by atoms with Crippen LogP contribution in [0.3, 0.4) is 0 Å². The summed E-state index contributed by atoms with van der Waals surface area (Å²) in [5.41, 5.74) is 0.715. The van der Waals surface area contributed by atoms with Gasteiger partial charge in [-0.05, 0) is 37.0 Å². The monoisotopic (exact) mass is 324 g/mol. The molecule has 4 nitrogen and oxygen atoms in total. The average molecular weight is 324 g/mol. The molecular formula is C20H20O4. The topological polar surface area (TPSA) is 55.8 Å². The predicted molar refractivity (Wildman–Crippen MR) is 89.1 cm³/mol. The number of benzene rings is 2. The third kappa shape index (κ3) is 2.52. The van der Waals surface area contributed by atoms with E-state index in [2.05, 4.69) is 0 Å². The highest BCUT2D eigenvalue weighted by Gasteiger charge is 2.72. The van der Waals surface area contributed by atoms with Crippen molar-refractivity contribution in [2.45, 2.75) is 25.9 Å². The van der Waals surface area contributed by atoms with Crippen LogP contribution in [0, 0.1) is 10.8 Å². The molecule has 3 aliphatic carbocycles. The van der Waals surface area contributed by atoms with E-state index in [4.69, 9.17) is 9.47 Å². The fourth-order valence-corrected chi connectivity index (χ4v) is 4.03. The van der Waals surface area contributed by atoms with Crippen LogP contribution in [0.4, 0.5) is 0 Å². The molecule has 3 aliphatic rings. The van der Waals surface area contributed by atoms with Gasteiger partial charge in [0.1, 0.15) is 6.61 Å². The Bertz CT molecular complexity index is 733. The van der Waals surface area contributed by atoms with E-state index in [-0.39, 0.29) is 5.41 Å². The smallest absolute Gasteiger partial charge is 0.309 e. The molecule has 3 fully saturated rings. The largest absolute Gasteiger partial charge is 0.489 e. The van der Waals surface area contributed by atoms with Gasteiger partial charge < -0.3 is 14.6 Å². The molecule has 2 aromatic carbocycles. The number of ether oxygens (including phenoxy) is 2. The SMILES string of the molecule is O=C(O)C12CC(COc3ccccc3OCc3ccccc3)(C1)C2. The molecule has 2 bridgehead atoms. The molecule has 0 spiro atoms. The maximum atomic E-state index is 11.2. The molecule has 124 valence electrons. The minimum absolute atomic E-state index is 0.0604. The molecule has 2 aromatic rings. The van der Waals surface area contributed by atoms with Crippen molar-refractivity contribution < 1.29 is 19.4 Å². The number of hydrogen-bond donors (Lipinski definition) is 1. The molecule has 0 amide bonds. The highest BCUT2D eigenvalue weighted by Crippen LogP contribution is 2.73. The van der Waals surface area contributed by atoms with Crippen LogP contribution in [0.1, 0.15) is 24.8 Å². The number of rotatable bonds is 7. The van der Waals surface area contributed by atoms with E-state index in [9.17, 15) is 9.90 Å². The van der Waals surface area contributed by atoms with Gasteiger partial charge in [0.2, 0.25) is 0 Å². The molecule has 5 rings (SSSR count). The molecule has 0 aromatic heterocycles. The van der Waals surface area contributed by atoms with Crippen LogP contribution in [0.2, 0.25) is 0 Å². The Morgan fingerprint density at radius 3 is 2.12 bits per heavy atom. The molecule has 4 heteroatoms. The van der Waals surface area contributed by atoms with Crippen LogP contribution in [0.15, 0.2) is 54.6 Å². The third-order valence-corrected chi connectivity index (χ3v) is 5.21.